The predicted octanol–water partition coefficient (Wildman–Crippen LogP) is 3.26. The van der Waals surface area contributed by atoms with E-state index < -0.39 is 0 Å². The Kier molecular flexibility index (Phi) is 5.30. The van der Waals surface area contributed by atoms with Crippen LogP contribution in [0.4, 0.5) is 0 Å². The molecule has 0 spiro atoms. The second-order valence-electron chi connectivity index (χ2n) is 6.24. The molecule has 2 nitrogen and oxygen atoms in total. The van der Waals surface area contributed by atoms with Crippen LogP contribution in [0.15, 0.2) is 0 Å². The summed E-state index contributed by atoms with van der Waals surface area (Å²) in [5, 5.41) is 20.2. The Labute approximate surface area is 105 Å². The fourth-order valence-corrected chi connectivity index (χ4v) is 3.72. The van der Waals surface area contributed by atoms with Gasteiger partial charge in [0.15, 0.2) is 0 Å². The fraction of sp³-hybridized carbons (Fsp3) is 1.00. The summed E-state index contributed by atoms with van der Waals surface area (Å²) in [5.41, 5.74) is 0. The molecule has 0 heterocycles. The first-order valence-electron chi connectivity index (χ1n) is 7.62. The monoisotopic (exact) mass is 240 g/mol. The molecule has 0 aromatic heterocycles. The normalized spacial score (nSPS) is 33.5. The van der Waals surface area contributed by atoms with Crippen LogP contribution in [0, 0.1) is 11.8 Å². The topological polar surface area (TPSA) is 40.5 Å². The molecular weight excluding hydrogens is 212 g/mol. The molecule has 2 aliphatic carbocycles. The lowest BCUT2D eigenvalue weighted by Crippen LogP contribution is -2.25. The van der Waals surface area contributed by atoms with Crippen molar-refractivity contribution in [1.29, 1.82) is 0 Å². The van der Waals surface area contributed by atoms with Crippen LogP contribution in [0.2, 0.25) is 0 Å². The first kappa shape index (κ1) is 13.4. The molecule has 2 aliphatic rings. The van der Waals surface area contributed by atoms with Gasteiger partial charge in [0, 0.05) is 0 Å². The van der Waals surface area contributed by atoms with Gasteiger partial charge in [-0.15, -0.1) is 0 Å². The van der Waals surface area contributed by atoms with E-state index >= 15 is 0 Å². The van der Waals surface area contributed by atoms with Gasteiger partial charge in [-0.2, -0.15) is 0 Å². The summed E-state index contributed by atoms with van der Waals surface area (Å²) in [6.45, 7) is 0. The van der Waals surface area contributed by atoms with Crippen LogP contribution in [0.1, 0.15) is 70.6 Å². The van der Waals surface area contributed by atoms with E-state index in [1.54, 1.807) is 0 Å². The van der Waals surface area contributed by atoms with Crippen LogP contribution in [0.5, 0.6) is 0 Å². The third-order valence-electron chi connectivity index (χ3n) is 4.77. The lowest BCUT2D eigenvalue weighted by atomic mass is 9.88. The van der Waals surface area contributed by atoms with Gasteiger partial charge in [0.1, 0.15) is 0 Å². The second kappa shape index (κ2) is 6.75. The Morgan fingerprint density at radius 2 is 1.47 bits per heavy atom. The summed E-state index contributed by atoms with van der Waals surface area (Å²) in [6, 6.07) is 0. The summed E-state index contributed by atoms with van der Waals surface area (Å²) in [6.07, 6.45) is 12.5. The molecule has 3 atom stereocenters. The van der Waals surface area contributed by atoms with E-state index in [0.29, 0.717) is 5.92 Å². The van der Waals surface area contributed by atoms with E-state index in [-0.39, 0.29) is 12.2 Å². The third kappa shape index (κ3) is 4.26. The van der Waals surface area contributed by atoms with Gasteiger partial charge in [-0.05, 0) is 37.5 Å². The van der Waals surface area contributed by atoms with Crippen LogP contribution < -0.4 is 0 Å². The molecule has 0 amide bonds. The Hall–Kier alpha value is -0.0800. The third-order valence-corrected chi connectivity index (χ3v) is 4.77. The molecule has 0 saturated heterocycles. The quantitative estimate of drug-likeness (QED) is 0.740. The molecule has 3 unspecified atom stereocenters. The second-order valence-corrected chi connectivity index (χ2v) is 6.24. The zero-order chi connectivity index (χ0) is 12.1. The van der Waals surface area contributed by atoms with Crippen molar-refractivity contribution in [2.45, 2.75) is 82.8 Å². The van der Waals surface area contributed by atoms with E-state index in [0.717, 1.165) is 38.0 Å². The maximum atomic E-state index is 10.2. The number of rotatable bonds is 4. The smallest absolute Gasteiger partial charge is 0.0569 e. The van der Waals surface area contributed by atoms with Crippen molar-refractivity contribution < 1.29 is 10.2 Å². The lowest BCUT2D eigenvalue weighted by molar-refractivity contribution is 0.0478. The first-order chi connectivity index (χ1) is 8.25. The zero-order valence-electron chi connectivity index (χ0n) is 11.0. The van der Waals surface area contributed by atoms with Gasteiger partial charge in [0.25, 0.3) is 0 Å². The van der Waals surface area contributed by atoms with Gasteiger partial charge in [-0.3, -0.25) is 0 Å². The molecule has 2 rings (SSSR count). The van der Waals surface area contributed by atoms with E-state index in [1.165, 1.54) is 38.5 Å². The average molecular weight is 240 g/mol. The van der Waals surface area contributed by atoms with Crippen LogP contribution in [-0.4, -0.2) is 22.4 Å². The van der Waals surface area contributed by atoms with Crippen LogP contribution in [0.25, 0.3) is 0 Å². The highest BCUT2D eigenvalue weighted by Crippen LogP contribution is 2.32. The van der Waals surface area contributed by atoms with Crippen molar-refractivity contribution in [3.8, 4) is 0 Å². The van der Waals surface area contributed by atoms with Gasteiger partial charge < -0.3 is 10.2 Å². The summed E-state index contributed by atoms with van der Waals surface area (Å²) in [4.78, 5) is 0. The first-order valence-corrected chi connectivity index (χ1v) is 7.62. The maximum absolute atomic E-state index is 10.2. The molecule has 100 valence electrons. The molecule has 0 aliphatic heterocycles. The molecule has 2 heteroatoms. The minimum Gasteiger partial charge on any atom is -0.393 e. The number of aliphatic hydroxyl groups excluding tert-OH is 2. The predicted molar refractivity (Wildman–Crippen MR) is 69.8 cm³/mol. The van der Waals surface area contributed by atoms with Crippen molar-refractivity contribution in [3.63, 3.8) is 0 Å². The highest BCUT2D eigenvalue weighted by molar-refractivity contribution is 4.78. The summed E-state index contributed by atoms with van der Waals surface area (Å²) in [5.74, 6) is 1.11. The number of hydrogen-bond acceptors (Lipinski definition) is 2. The lowest BCUT2D eigenvalue weighted by Gasteiger charge is -2.24. The van der Waals surface area contributed by atoms with Crippen LogP contribution in [-0.2, 0) is 0 Å². The number of hydrogen-bond donors (Lipinski definition) is 2. The highest BCUT2D eigenvalue weighted by Gasteiger charge is 2.26. The minimum absolute atomic E-state index is 0.157. The Bertz CT molecular complexity index is 211. The minimum atomic E-state index is -0.171. The van der Waals surface area contributed by atoms with Gasteiger partial charge in [0.05, 0.1) is 12.2 Å². The molecule has 2 fully saturated rings. The van der Waals surface area contributed by atoms with E-state index in [1.807, 2.05) is 0 Å². The van der Waals surface area contributed by atoms with Crippen molar-refractivity contribution in [2.24, 2.45) is 11.8 Å². The van der Waals surface area contributed by atoms with Crippen molar-refractivity contribution in [3.05, 3.63) is 0 Å². The van der Waals surface area contributed by atoms with Gasteiger partial charge in [-0.25, -0.2) is 0 Å². The Balaban J connectivity index is 1.73. The molecule has 2 saturated carbocycles. The van der Waals surface area contributed by atoms with Gasteiger partial charge >= 0.3 is 0 Å². The van der Waals surface area contributed by atoms with E-state index in [9.17, 15) is 10.2 Å². The number of aliphatic hydroxyl groups is 2. The molecular formula is C15H28O2. The standard InChI is InChI=1S/C15H28O2/c16-14(10-12-6-4-5-7-12)11-13-8-2-1-3-9-15(13)17/h12-17H,1-11H2. The Morgan fingerprint density at radius 3 is 2.24 bits per heavy atom. The molecule has 2 N–H and O–H groups in total. The van der Waals surface area contributed by atoms with Crippen molar-refractivity contribution in [1.82, 2.24) is 0 Å². The van der Waals surface area contributed by atoms with Gasteiger partial charge in [0.2, 0.25) is 0 Å². The zero-order valence-corrected chi connectivity index (χ0v) is 11.0. The van der Waals surface area contributed by atoms with Crippen molar-refractivity contribution in [2.75, 3.05) is 0 Å². The maximum Gasteiger partial charge on any atom is 0.0569 e. The van der Waals surface area contributed by atoms with Crippen LogP contribution >= 0.6 is 0 Å². The largest absolute Gasteiger partial charge is 0.393 e. The van der Waals surface area contributed by atoms with E-state index in [2.05, 4.69) is 0 Å². The Morgan fingerprint density at radius 1 is 0.824 bits per heavy atom. The molecule has 0 bridgehead atoms. The molecule has 0 radical (unpaired) electrons. The highest BCUT2D eigenvalue weighted by atomic mass is 16.3. The van der Waals surface area contributed by atoms with Gasteiger partial charge in [-0.1, -0.05) is 44.9 Å². The summed E-state index contributed by atoms with van der Waals surface area (Å²) < 4.78 is 0. The summed E-state index contributed by atoms with van der Waals surface area (Å²) >= 11 is 0. The van der Waals surface area contributed by atoms with Crippen LogP contribution in [0.3, 0.4) is 0 Å². The molecule has 0 aromatic carbocycles. The SMILES string of the molecule is OC(CC1CCCC1)CC1CCCCCC1O. The fourth-order valence-electron chi connectivity index (χ4n) is 3.72. The van der Waals surface area contributed by atoms with E-state index in [4.69, 9.17) is 0 Å². The molecule has 17 heavy (non-hydrogen) atoms. The average Bonchev–Trinajstić information content (AvgIpc) is 2.71. The van der Waals surface area contributed by atoms with Crippen molar-refractivity contribution >= 4 is 0 Å². The summed E-state index contributed by atoms with van der Waals surface area (Å²) in [7, 11) is 0. The molecule has 0 aromatic rings.